The van der Waals surface area contributed by atoms with Crippen molar-refractivity contribution in [2.24, 2.45) is 0 Å². The van der Waals surface area contributed by atoms with Gasteiger partial charge >= 0.3 is 6.09 Å². The monoisotopic (exact) mass is 364 g/mol. The largest absolute Gasteiger partial charge is 0.444 e. The Morgan fingerprint density at radius 2 is 2.14 bits per heavy atom. The van der Waals surface area contributed by atoms with Crippen molar-refractivity contribution in [1.29, 1.82) is 0 Å². The van der Waals surface area contributed by atoms with Crippen molar-refractivity contribution in [3.05, 3.63) is 34.4 Å². The van der Waals surface area contributed by atoms with Gasteiger partial charge < -0.3 is 9.72 Å². The number of aromatic amines is 1. The predicted octanol–water partition coefficient (Wildman–Crippen LogP) is 5.00. The number of nitrogens with one attached hydrogen (secondary N) is 1. The van der Waals surface area contributed by atoms with Crippen molar-refractivity contribution >= 4 is 32.9 Å². The number of hydrogen-bond acceptors (Lipinski definition) is 2. The first-order valence-electron chi connectivity index (χ1n) is 7.61. The average molecular weight is 365 g/mol. The highest BCUT2D eigenvalue weighted by molar-refractivity contribution is 9.10. The van der Waals surface area contributed by atoms with Crippen LogP contribution in [0.1, 0.15) is 45.3 Å². The Morgan fingerprint density at radius 1 is 1.36 bits per heavy atom. The molecule has 3 rings (SSSR count). The number of halogens is 1. The van der Waals surface area contributed by atoms with E-state index in [1.165, 1.54) is 0 Å². The summed E-state index contributed by atoms with van der Waals surface area (Å²) < 4.78 is 6.59. The molecule has 1 fully saturated rings. The number of nitrogens with zero attached hydrogens (tertiary/aromatic N) is 1. The Labute approximate surface area is 139 Å². The summed E-state index contributed by atoms with van der Waals surface area (Å²) in [5.74, 6) is 0. The van der Waals surface area contributed by atoms with E-state index in [0.29, 0.717) is 0 Å². The van der Waals surface area contributed by atoms with E-state index in [-0.39, 0.29) is 12.1 Å². The molecule has 0 unspecified atom stereocenters. The van der Waals surface area contributed by atoms with Crippen LogP contribution in [0.4, 0.5) is 4.79 Å². The third-order valence-electron chi connectivity index (χ3n) is 3.84. The van der Waals surface area contributed by atoms with Crippen molar-refractivity contribution in [3.63, 3.8) is 0 Å². The number of carbonyl (C=O) groups is 1. The molecule has 1 aliphatic heterocycles. The molecular weight excluding hydrogens is 344 g/mol. The number of carbonyl (C=O) groups excluding carboxylic acids is 1. The number of fused-ring (bicyclic) bond motifs is 1. The molecular formula is C17H21BrN2O2. The van der Waals surface area contributed by atoms with Gasteiger partial charge in [0.05, 0.1) is 6.04 Å². The maximum absolute atomic E-state index is 12.4. The van der Waals surface area contributed by atoms with E-state index in [1.54, 1.807) is 0 Å². The molecule has 0 radical (unpaired) electrons. The number of benzene rings is 1. The first-order chi connectivity index (χ1) is 10.3. The minimum absolute atomic E-state index is 0.0704. The summed E-state index contributed by atoms with van der Waals surface area (Å²) in [7, 11) is 0. The lowest BCUT2D eigenvalue weighted by Gasteiger charge is -2.28. The fourth-order valence-corrected chi connectivity index (χ4v) is 3.31. The zero-order valence-electron chi connectivity index (χ0n) is 13.1. The van der Waals surface area contributed by atoms with Gasteiger partial charge in [-0.15, -0.1) is 0 Å². The molecule has 2 heterocycles. The Balaban J connectivity index is 1.86. The summed E-state index contributed by atoms with van der Waals surface area (Å²) >= 11 is 3.49. The van der Waals surface area contributed by atoms with Gasteiger partial charge in [0.1, 0.15) is 5.60 Å². The smallest absolute Gasteiger partial charge is 0.410 e. The van der Waals surface area contributed by atoms with Gasteiger partial charge in [0.25, 0.3) is 0 Å². The molecule has 22 heavy (non-hydrogen) atoms. The van der Waals surface area contributed by atoms with Crippen LogP contribution < -0.4 is 0 Å². The molecule has 1 aromatic heterocycles. The molecule has 4 nitrogen and oxygen atoms in total. The molecule has 1 N–H and O–H groups in total. The van der Waals surface area contributed by atoms with Crippen molar-refractivity contribution in [3.8, 4) is 0 Å². The molecule has 118 valence electrons. The summed E-state index contributed by atoms with van der Waals surface area (Å²) in [6.07, 6.45) is 1.74. The topological polar surface area (TPSA) is 45.3 Å². The summed E-state index contributed by atoms with van der Waals surface area (Å²) in [6, 6.07) is 8.36. The zero-order valence-corrected chi connectivity index (χ0v) is 14.7. The van der Waals surface area contributed by atoms with Gasteiger partial charge in [0.2, 0.25) is 0 Å². The number of ether oxygens (including phenoxy) is 1. The Hall–Kier alpha value is -1.49. The van der Waals surface area contributed by atoms with Crippen LogP contribution >= 0.6 is 15.9 Å². The first-order valence-corrected chi connectivity index (χ1v) is 8.40. The molecule has 0 bridgehead atoms. The van der Waals surface area contributed by atoms with Crippen LogP contribution in [0.2, 0.25) is 0 Å². The second-order valence-corrected chi connectivity index (χ2v) is 7.70. The van der Waals surface area contributed by atoms with Crippen molar-refractivity contribution in [1.82, 2.24) is 9.88 Å². The van der Waals surface area contributed by atoms with Crippen LogP contribution in [0, 0.1) is 0 Å². The lowest BCUT2D eigenvalue weighted by molar-refractivity contribution is 0.0222. The summed E-state index contributed by atoms with van der Waals surface area (Å²) in [4.78, 5) is 17.7. The predicted molar refractivity (Wildman–Crippen MR) is 90.9 cm³/mol. The molecule has 0 spiro atoms. The molecule has 2 aromatic rings. The highest BCUT2D eigenvalue weighted by atomic mass is 79.9. The second-order valence-electron chi connectivity index (χ2n) is 6.79. The number of aromatic nitrogens is 1. The van der Waals surface area contributed by atoms with Gasteiger partial charge in [-0.25, -0.2) is 4.79 Å². The van der Waals surface area contributed by atoms with Gasteiger partial charge in [-0.2, -0.15) is 0 Å². The fourth-order valence-electron chi connectivity index (χ4n) is 2.93. The van der Waals surface area contributed by atoms with Gasteiger partial charge in [0, 0.05) is 27.6 Å². The third kappa shape index (κ3) is 3.14. The molecule has 1 aliphatic rings. The summed E-state index contributed by atoms with van der Waals surface area (Å²) in [5.41, 5.74) is 1.71. The van der Waals surface area contributed by atoms with Crippen molar-refractivity contribution in [2.45, 2.75) is 45.3 Å². The summed E-state index contributed by atoms with van der Waals surface area (Å²) in [5, 5.41) is 1.15. The lowest BCUT2D eigenvalue weighted by Crippen LogP contribution is -2.36. The Bertz CT molecular complexity index is 702. The zero-order chi connectivity index (χ0) is 15.9. The van der Waals surface area contributed by atoms with Gasteiger partial charge in [0.15, 0.2) is 0 Å². The van der Waals surface area contributed by atoms with Gasteiger partial charge in [-0.3, -0.25) is 4.90 Å². The minimum Gasteiger partial charge on any atom is -0.444 e. The minimum atomic E-state index is -0.463. The van der Waals surface area contributed by atoms with Crippen LogP contribution in [-0.2, 0) is 4.74 Å². The second kappa shape index (κ2) is 5.61. The van der Waals surface area contributed by atoms with Gasteiger partial charge in [-0.05, 0) is 57.9 Å². The van der Waals surface area contributed by atoms with Crippen molar-refractivity contribution in [2.75, 3.05) is 6.54 Å². The number of H-pyrrole nitrogens is 1. The standard InChI is InChI=1S/C17H21BrN2O2/c1-17(2,3)22-16(21)20-8-4-5-15(20)14-10-11-9-12(18)6-7-13(11)19-14/h6-7,9-10,15,19H,4-5,8H2,1-3H3/t15-/m0/s1. The maximum atomic E-state index is 12.4. The van der Waals surface area contributed by atoms with Crippen LogP contribution in [0.15, 0.2) is 28.7 Å². The molecule has 1 saturated heterocycles. The summed E-state index contributed by atoms with van der Waals surface area (Å²) in [6.45, 7) is 6.45. The third-order valence-corrected chi connectivity index (χ3v) is 4.34. The average Bonchev–Trinajstić information content (AvgIpc) is 3.01. The van der Waals surface area contributed by atoms with Crippen LogP contribution in [-0.4, -0.2) is 28.1 Å². The molecule has 0 aliphatic carbocycles. The van der Waals surface area contributed by atoms with E-state index in [1.807, 2.05) is 31.7 Å². The number of likely N-dealkylation sites (tertiary alicyclic amines) is 1. The quantitative estimate of drug-likeness (QED) is 0.773. The molecule has 1 atom stereocenters. The van der Waals surface area contributed by atoms with Crippen LogP contribution in [0.5, 0.6) is 0 Å². The Kier molecular flexibility index (Phi) is 3.93. The van der Waals surface area contributed by atoms with E-state index in [2.05, 4.69) is 39.1 Å². The molecule has 5 heteroatoms. The lowest BCUT2D eigenvalue weighted by atomic mass is 10.1. The van der Waals surface area contributed by atoms with Crippen LogP contribution in [0.3, 0.4) is 0 Å². The normalized spacial score (nSPS) is 18.9. The van der Waals surface area contributed by atoms with E-state index in [4.69, 9.17) is 4.74 Å². The van der Waals surface area contributed by atoms with E-state index < -0.39 is 5.60 Å². The molecule has 1 amide bonds. The van der Waals surface area contributed by atoms with Crippen LogP contribution in [0.25, 0.3) is 10.9 Å². The highest BCUT2D eigenvalue weighted by Gasteiger charge is 2.33. The first kappa shape index (κ1) is 15.4. The van der Waals surface area contributed by atoms with E-state index in [0.717, 1.165) is 40.5 Å². The highest BCUT2D eigenvalue weighted by Crippen LogP contribution is 2.34. The van der Waals surface area contributed by atoms with E-state index in [9.17, 15) is 4.79 Å². The maximum Gasteiger partial charge on any atom is 0.410 e. The number of rotatable bonds is 1. The number of hydrogen-bond donors (Lipinski definition) is 1. The molecule has 0 saturated carbocycles. The fraction of sp³-hybridized carbons (Fsp3) is 0.471. The van der Waals surface area contributed by atoms with E-state index >= 15 is 0 Å². The van der Waals surface area contributed by atoms with Gasteiger partial charge in [-0.1, -0.05) is 15.9 Å². The SMILES string of the molecule is CC(C)(C)OC(=O)N1CCC[C@H]1c1cc2cc(Br)ccc2[nH]1. The number of amides is 1. The van der Waals surface area contributed by atoms with Crippen molar-refractivity contribution < 1.29 is 9.53 Å². The Morgan fingerprint density at radius 3 is 2.86 bits per heavy atom. The molecule has 1 aromatic carbocycles.